The van der Waals surface area contributed by atoms with E-state index in [1.54, 1.807) is 11.8 Å². The van der Waals surface area contributed by atoms with Crippen LogP contribution in [0.5, 0.6) is 0 Å². The minimum Gasteiger partial charge on any atom is -0.480 e. The predicted octanol–water partition coefficient (Wildman–Crippen LogP) is 2.23. The largest absolute Gasteiger partial charge is 0.480 e. The number of carboxylic acids is 1. The zero-order valence-electron chi connectivity index (χ0n) is 12.9. The number of carbonyl (C=O) groups excluding carboxylic acids is 1. The molecule has 0 spiro atoms. The fourth-order valence-corrected chi connectivity index (χ4v) is 3.98. The minimum absolute atomic E-state index is 0.304. The number of aromatic nitrogens is 2. The van der Waals surface area contributed by atoms with Gasteiger partial charge in [0, 0.05) is 6.54 Å². The fourth-order valence-electron chi connectivity index (χ4n) is 2.94. The molecule has 1 N–H and O–H groups in total. The van der Waals surface area contributed by atoms with Crippen LogP contribution in [0.2, 0.25) is 0 Å². The number of nitrogens with zero attached hydrogens (tertiary/aromatic N) is 3. The molecule has 0 saturated carbocycles. The number of ether oxygens (including phenoxy) is 1. The van der Waals surface area contributed by atoms with Crippen molar-refractivity contribution < 1.29 is 19.4 Å². The van der Waals surface area contributed by atoms with Gasteiger partial charge < -0.3 is 14.7 Å². The van der Waals surface area contributed by atoms with E-state index in [1.807, 2.05) is 6.92 Å². The molecule has 122 valence electrons. The molecule has 2 aromatic heterocycles. The SMILES string of the molecule is CCOC(=O)c1sc2ncnc(N3CCC[C@@H]3C(=O)O)c2c1C. The second-order valence-corrected chi connectivity index (χ2v) is 6.34. The van der Waals surface area contributed by atoms with Gasteiger partial charge in [-0.2, -0.15) is 0 Å². The van der Waals surface area contributed by atoms with Crippen molar-refractivity contribution in [3.05, 3.63) is 16.8 Å². The summed E-state index contributed by atoms with van der Waals surface area (Å²) in [6.45, 7) is 4.52. The number of aliphatic carboxylic acids is 1. The van der Waals surface area contributed by atoms with Gasteiger partial charge in [-0.15, -0.1) is 11.3 Å². The zero-order valence-corrected chi connectivity index (χ0v) is 13.7. The third kappa shape index (κ3) is 2.63. The summed E-state index contributed by atoms with van der Waals surface area (Å²) in [5, 5.41) is 10.1. The summed E-state index contributed by atoms with van der Waals surface area (Å²) in [7, 11) is 0. The predicted molar refractivity (Wildman–Crippen MR) is 86.1 cm³/mol. The number of fused-ring (bicyclic) bond motifs is 1. The Balaban J connectivity index is 2.12. The first-order valence-corrected chi connectivity index (χ1v) is 8.27. The maximum atomic E-state index is 12.1. The second-order valence-electron chi connectivity index (χ2n) is 5.34. The Kier molecular flexibility index (Phi) is 4.16. The highest BCUT2D eigenvalue weighted by atomic mass is 32.1. The van der Waals surface area contributed by atoms with Crippen LogP contribution in [0.4, 0.5) is 5.82 Å². The van der Waals surface area contributed by atoms with E-state index < -0.39 is 12.0 Å². The number of carboxylic acid groups (broad SMARTS) is 1. The molecule has 1 atom stereocenters. The Morgan fingerprint density at radius 3 is 2.96 bits per heavy atom. The molecule has 3 rings (SSSR count). The molecule has 8 heteroatoms. The van der Waals surface area contributed by atoms with Crippen LogP contribution in [0.15, 0.2) is 6.33 Å². The first-order valence-electron chi connectivity index (χ1n) is 7.45. The Morgan fingerprint density at radius 1 is 1.48 bits per heavy atom. The molecule has 2 aromatic rings. The molecule has 0 radical (unpaired) electrons. The van der Waals surface area contributed by atoms with Gasteiger partial charge in [0.15, 0.2) is 0 Å². The van der Waals surface area contributed by atoms with E-state index in [0.29, 0.717) is 35.1 Å². The molecule has 1 aliphatic heterocycles. The number of anilines is 1. The molecule has 1 saturated heterocycles. The van der Waals surface area contributed by atoms with Crippen LogP contribution in [0.1, 0.15) is 35.0 Å². The summed E-state index contributed by atoms with van der Waals surface area (Å²) < 4.78 is 5.08. The second kappa shape index (κ2) is 6.11. The normalized spacial score (nSPS) is 17.7. The third-order valence-electron chi connectivity index (χ3n) is 3.98. The van der Waals surface area contributed by atoms with Gasteiger partial charge in [-0.05, 0) is 32.3 Å². The minimum atomic E-state index is -0.854. The standard InChI is InChI=1S/C15H17N3O4S/c1-3-22-15(21)11-8(2)10-12(16-7-17-13(10)23-11)18-6-4-5-9(18)14(19)20/h7,9H,3-6H2,1-2H3,(H,19,20)/t9-/m1/s1. The molecule has 0 aromatic carbocycles. The van der Waals surface area contributed by atoms with Gasteiger partial charge in [0.25, 0.3) is 0 Å². The topological polar surface area (TPSA) is 92.6 Å². The Bertz CT molecular complexity index is 773. The number of carbonyl (C=O) groups is 2. The van der Waals surface area contributed by atoms with Crippen LogP contribution >= 0.6 is 11.3 Å². The summed E-state index contributed by atoms with van der Waals surface area (Å²) in [4.78, 5) is 35.0. The molecule has 0 unspecified atom stereocenters. The summed E-state index contributed by atoms with van der Waals surface area (Å²) in [6, 6.07) is -0.585. The lowest BCUT2D eigenvalue weighted by Crippen LogP contribution is -2.36. The lowest BCUT2D eigenvalue weighted by atomic mass is 10.1. The van der Waals surface area contributed by atoms with Crippen molar-refractivity contribution in [1.29, 1.82) is 0 Å². The number of thiophene rings is 1. The molecule has 1 aliphatic rings. The van der Waals surface area contributed by atoms with Crippen LogP contribution in [0, 0.1) is 6.92 Å². The number of hydrogen-bond donors (Lipinski definition) is 1. The lowest BCUT2D eigenvalue weighted by molar-refractivity contribution is -0.138. The maximum absolute atomic E-state index is 12.1. The molecular formula is C15H17N3O4S. The number of esters is 1. The van der Waals surface area contributed by atoms with E-state index in [1.165, 1.54) is 17.7 Å². The van der Waals surface area contributed by atoms with Crippen molar-refractivity contribution in [3.8, 4) is 0 Å². The van der Waals surface area contributed by atoms with E-state index in [9.17, 15) is 14.7 Å². The zero-order chi connectivity index (χ0) is 16.6. The van der Waals surface area contributed by atoms with Gasteiger partial charge in [0.05, 0.1) is 12.0 Å². The monoisotopic (exact) mass is 335 g/mol. The van der Waals surface area contributed by atoms with Gasteiger partial charge in [-0.25, -0.2) is 19.6 Å². The molecule has 7 nitrogen and oxygen atoms in total. The van der Waals surface area contributed by atoms with Gasteiger partial charge in [-0.3, -0.25) is 0 Å². The summed E-state index contributed by atoms with van der Waals surface area (Å²) in [5.74, 6) is -0.646. The maximum Gasteiger partial charge on any atom is 0.348 e. The summed E-state index contributed by atoms with van der Waals surface area (Å²) in [5.41, 5.74) is 0.745. The third-order valence-corrected chi connectivity index (χ3v) is 5.16. The van der Waals surface area contributed by atoms with E-state index in [-0.39, 0.29) is 5.97 Å². The van der Waals surface area contributed by atoms with Crippen LogP contribution in [-0.4, -0.2) is 46.2 Å². The van der Waals surface area contributed by atoms with Gasteiger partial charge in [-0.1, -0.05) is 0 Å². The Labute approximate surface area is 136 Å². The smallest absolute Gasteiger partial charge is 0.348 e. The average Bonchev–Trinajstić information content (AvgIpc) is 3.12. The fraction of sp³-hybridized carbons (Fsp3) is 0.467. The molecule has 1 fully saturated rings. The highest BCUT2D eigenvalue weighted by Crippen LogP contribution is 2.37. The summed E-state index contributed by atoms with van der Waals surface area (Å²) in [6.07, 6.45) is 2.81. The van der Waals surface area contributed by atoms with Crippen molar-refractivity contribution in [1.82, 2.24) is 9.97 Å². The lowest BCUT2D eigenvalue weighted by Gasteiger charge is -2.23. The van der Waals surface area contributed by atoms with E-state index in [2.05, 4.69) is 9.97 Å². The van der Waals surface area contributed by atoms with E-state index in [4.69, 9.17) is 4.74 Å². The van der Waals surface area contributed by atoms with Crippen molar-refractivity contribution in [2.45, 2.75) is 32.7 Å². The van der Waals surface area contributed by atoms with Gasteiger partial charge in [0.2, 0.25) is 0 Å². The molecule has 0 aliphatic carbocycles. The van der Waals surface area contributed by atoms with Gasteiger partial charge in [0.1, 0.15) is 27.9 Å². The number of hydrogen-bond acceptors (Lipinski definition) is 7. The van der Waals surface area contributed by atoms with E-state index >= 15 is 0 Å². The average molecular weight is 335 g/mol. The first-order chi connectivity index (χ1) is 11.0. The van der Waals surface area contributed by atoms with Crippen molar-refractivity contribution in [2.75, 3.05) is 18.1 Å². The van der Waals surface area contributed by atoms with Crippen molar-refractivity contribution >= 4 is 39.3 Å². The van der Waals surface area contributed by atoms with Crippen LogP contribution in [0.3, 0.4) is 0 Å². The molecule has 0 amide bonds. The number of aryl methyl sites for hydroxylation is 1. The highest BCUT2D eigenvalue weighted by Gasteiger charge is 2.33. The van der Waals surface area contributed by atoms with Crippen LogP contribution in [0.25, 0.3) is 10.2 Å². The van der Waals surface area contributed by atoms with Crippen molar-refractivity contribution in [3.63, 3.8) is 0 Å². The number of rotatable bonds is 4. The van der Waals surface area contributed by atoms with Crippen LogP contribution in [-0.2, 0) is 9.53 Å². The van der Waals surface area contributed by atoms with Gasteiger partial charge >= 0.3 is 11.9 Å². The molecule has 3 heterocycles. The van der Waals surface area contributed by atoms with Crippen molar-refractivity contribution in [2.24, 2.45) is 0 Å². The highest BCUT2D eigenvalue weighted by molar-refractivity contribution is 7.20. The first kappa shape index (κ1) is 15.7. The molecule has 0 bridgehead atoms. The Morgan fingerprint density at radius 2 is 2.26 bits per heavy atom. The van der Waals surface area contributed by atoms with Crippen LogP contribution < -0.4 is 4.90 Å². The van der Waals surface area contributed by atoms with E-state index in [0.717, 1.165) is 17.4 Å². The quantitative estimate of drug-likeness (QED) is 0.856. The Hall–Kier alpha value is -2.22. The summed E-state index contributed by atoms with van der Waals surface area (Å²) >= 11 is 1.25. The molecular weight excluding hydrogens is 318 g/mol. The molecule has 23 heavy (non-hydrogen) atoms.